The maximum Gasteiger partial charge on any atom is 0.325 e. The number of hydrogen-bond donors (Lipinski definition) is 2. The van der Waals surface area contributed by atoms with Gasteiger partial charge < -0.3 is 24.8 Å². The summed E-state index contributed by atoms with van der Waals surface area (Å²) in [5, 5.41) is 9.83. The van der Waals surface area contributed by atoms with Gasteiger partial charge in [-0.05, 0) is 30.5 Å². The lowest BCUT2D eigenvalue weighted by atomic mass is 10.1. The topological polar surface area (TPSA) is 121 Å². The Hall–Kier alpha value is -3.56. The molecule has 2 N–H and O–H groups in total. The third-order valence-corrected chi connectivity index (χ3v) is 5.34. The third-order valence-electron chi connectivity index (χ3n) is 5.34. The zero-order chi connectivity index (χ0) is 28.0. The molecule has 10 heteroatoms. The van der Waals surface area contributed by atoms with Gasteiger partial charge in [-0.25, -0.2) is 0 Å². The minimum atomic E-state index is -0.813. The summed E-state index contributed by atoms with van der Waals surface area (Å²) in [6, 6.07) is 6.31. The van der Waals surface area contributed by atoms with Gasteiger partial charge in [0, 0.05) is 6.54 Å². The fraction of sp³-hybridized carbons (Fsp3) is 0.556. The van der Waals surface area contributed by atoms with Crippen LogP contribution in [0.1, 0.15) is 64.4 Å². The summed E-state index contributed by atoms with van der Waals surface area (Å²) < 4.78 is 17.4. The molecular weight excluding hydrogens is 476 g/mol. The predicted octanol–water partition coefficient (Wildman–Crippen LogP) is 3.83. The first-order valence-electron chi connectivity index (χ1n) is 12.7. The number of nitrogens with one attached hydrogen (secondary N) is 2. The van der Waals surface area contributed by atoms with Crippen LogP contribution in [-0.4, -0.2) is 61.5 Å². The molecule has 10 nitrogen and oxygen atoms in total. The van der Waals surface area contributed by atoms with Gasteiger partial charge in [-0.2, -0.15) is 5.10 Å². The molecule has 1 atom stereocenters. The highest BCUT2D eigenvalue weighted by Crippen LogP contribution is 2.38. The molecule has 2 amide bonds. The van der Waals surface area contributed by atoms with Crippen molar-refractivity contribution >= 4 is 17.8 Å². The molecule has 2 rings (SSSR count). The van der Waals surface area contributed by atoms with E-state index >= 15 is 0 Å². The molecular formula is C27H42N4O6. The lowest BCUT2D eigenvalue weighted by Crippen LogP contribution is -2.48. The Bertz CT molecular complexity index is 996. The summed E-state index contributed by atoms with van der Waals surface area (Å²) in [4.78, 5) is 37.2. The summed E-state index contributed by atoms with van der Waals surface area (Å²) in [6.07, 6.45) is 1.99. The van der Waals surface area contributed by atoms with Crippen LogP contribution in [0.3, 0.4) is 0 Å². The standard InChI is InChI=1S/C25H36N4O6.C2H6/c1-7-8-10-17(24(31)26-14-22(30)35-6)27-25(32)18-13-19(29(28-18)15-16(2)3)23-20(33-4)11-9-12-21(23)34-5;1-2/h9,11-13,16-17H,7-8,10,14-15H2,1-6H3,(H,26,31)(H,27,32);1-2H3. The number of unbranched alkanes of at least 4 members (excludes halogenated alkanes) is 1. The van der Waals surface area contributed by atoms with E-state index < -0.39 is 23.8 Å². The van der Waals surface area contributed by atoms with Gasteiger partial charge in [0.1, 0.15) is 24.1 Å². The summed E-state index contributed by atoms with van der Waals surface area (Å²) in [7, 11) is 4.38. The zero-order valence-electron chi connectivity index (χ0n) is 23.3. The largest absolute Gasteiger partial charge is 0.496 e. The zero-order valence-corrected chi connectivity index (χ0v) is 23.3. The van der Waals surface area contributed by atoms with Gasteiger partial charge in [-0.3, -0.25) is 19.1 Å². The van der Waals surface area contributed by atoms with E-state index in [1.54, 1.807) is 25.0 Å². The van der Waals surface area contributed by atoms with Crippen LogP contribution in [0.15, 0.2) is 24.3 Å². The summed E-state index contributed by atoms with van der Waals surface area (Å²) in [5.74, 6) is -0.0794. The molecule has 1 aromatic heterocycles. The molecule has 1 heterocycles. The van der Waals surface area contributed by atoms with Crippen molar-refractivity contribution in [2.45, 2.75) is 66.5 Å². The molecule has 0 fully saturated rings. The Morgan fingerprint density at radius 3 is 2.19 bits per heavy atom. The van der Waals surface area contributed by atoms with E-state index in [9.17, 15) is 14.4 Å². The smallest absolute Gasteiger partial charge is 0.325 e. The van der Waals surface area contributed by atoms with Crippen molar-refractivity contribution in [3.05, 3.63) is 30.0 Å². The van der Waals surface area contributed by atoms with Crippen LogP contribution in [0.2, 0.25) is 0 Å². The summed E-state index contributed by atoms with van der Waals surface area (Å²) >= 11 is 0. The Morgan fingerprint density at radius 2 is 1.68 bits per heavy atom. The van der Waals surface area contributed by atoms with E-state index in [4.69, 9.17) is 9.47 Å². The van der Waals surface area contributed by atoms with E-state index in [0.29, 0.717) is 35.7 Å². The van der Waals surface area contributed by atoms with Crippen LogP contribution in [0.5, 0.6) is 11.5 Å². The van der Waals surface area contributed by atoms with Crippen LogP contribution in [0.4, 0.5) is 0 Å². The SMILES string of the molecule is CC.CCCCC(NC(=O)c1cc(-c2c(OC)cccc2OC)n(CC(C)C)n1)C(=O)NCC(=O)OC. The number of carbonyl (C=O) groups excluding carboxylic acids is 3. The fourth-order valence-corrected chi connectivity index (χ4v) is 3.58. The molecule has 2 aromatic rings. The van der Waals surface area contributed by atoms with Gasteiger partial charge in [-0.15, -0.1) is 0 Å². The molecule has 0 aliphatic rings. The first kappa shape index (κ1) is 31.5. The molecule has 0 spiro atoms. The Morgan fingerprint density at radius 1 is 1.05 bits per heavy atom. The van der Waals surface area contributed by atoms with Crippen LogP contribution in [0, 0.1) is 5.92 Å². The third kappa shape index (κ3) is 9.11. The van der Waals surface area contributed by atoms with E-state index in [1.165, 1.54) is 7.11 Å². The number of nitrogens with zero attached hydrogens (tertiary/aromatic N) is 2. The average Bonchev–Trinajstić information content (AvgIpc) is 3.32. The Kier molecular flexibility index (Phi) is 13.8. The molecule has 1 aromatic carbocycles. The number of hydrogen-bond acceptors (Lipinski definition) is 7. The lowest BCUT2D eigenvalue weighted by molar-refractivity contribution is -0.141. The number of aromatic nitrogens is 2. The summed E-state index contributed by atoms with van der Waals surface area (Å²) in [5.41, 5.74) is 1.51. The maximum absolute atomic E-state index is 13.2. The van der Waals surface area contributed by atoms with E-state index in [1.807, 2.05) is 39.0 Å². The lowest BCUT2D eigenvalue weighted by Gasteiger charge is -2.17. The van der Waals surface area contributed by atoms with Crippen molar-refractivity contribution in [1.29, 1.82) is 0 Å². The minimum Gasteiger partial charge on any atom is -0.496 e. The van der Waals surface area contributed by atoms with Gasteiger partial charge >= 0.3 is 5.97 Å². The van der Waals surface area contributed by atoms with Gasteiger partial charge in [0.2, 0.25) is 5.91 Å². The molecule has 1 unspecified atom stereocenters. The second-order valence-corrected chi connectivity index (χ2v) is 8.49. The first-order valence-corrected chi connectivity index (χ1v) is 12.7. The molecule has 0 aliphatic carbocycles. The number of benzene rings is 1. The molecule has 0 saturated carbocycles. The Labute approximate surface area is 220 Å². The van der Waals surface area contributed by atoms with Crippen LogP contribution in [-0.2, 0) is 20.9 Å². The fourth-order valence-electron chi connectivity index (χ4n) is 3.58. The number of carbonyl (C=O) groups is 3. The van der Waals surface area contributed by atoms with Crippen molar-refractivity contribution in [2.75, 3.05) is 27.9 Å². The highest BCUT2D eigenvalue weighted by Gasteiger charge is 2.25. The van der Waals surface area contributed by atoms with Crippen molar-refractivity contribution < 1.29 is 28.6 Å². The average molecular weight is 519 g/mol. The number of amides is 2. The van der Waals surface area contributed by atoms with Crippen LogP contribution in [0.25, 0.3) is 11.3 Å². The van der Waals surface area contributed by atoms with E-state index in [-0.39, 0.29) is 18.2 Å². The van der Waals surface area contributed by atoms with Gasteiger partial charge in [0.05, 0.1) is 32.6 Å². The monoisotopic (exact) mass is 518 g/mol. The quantitative estimate of drug-likeness (QED) is 0.387. The highest BCUT2D eigenvalue weighted by molar-refractivity contribution is 5.97. The molecule has 0 aliphatic heterocycles. The molecule has 206 valence electrons. The van der Waals surface area contributed by atoms with Crippen LogP contribution >= 0.6 is 0 Å². The molecule has 0 bridgehead atoms. The van der Waals surface area contributed by atoms with Crippen molar-refractivity contribution in [1.82, 2.24) is 20.4 Å². The number of methoxy groups -OCH3 is 3. The van der Waals surface area contributed by atoms with Gasteiger partial charge in [-0.1, -0.05) is 53.5 Å². The maximum atomic E-state index is 13.2. The van der Waals surface area contributed by atoms with Crippen LogP contribution < -0.4 is 20.1 Å². The second-order valence-electron chi connectivity index (χ2n) is 8.49. The van der Waals surface area contributed by atoms with Gasteiger partial charge in [0.25, 0.3) is 5.91 Å². The van der Waals surface area contributed by atoms with Gasteiger partial charge in [0.15, 0.2) is 5.69 Å². The predicted molar refractivity (Wildman–Crippen MR) is 143 cm³/mol. The number of esters is 1. The Balaban J connectivity index is 0.00000334. The van der Waals surface area contributed by atoms with E-state index in [2.05, 4.69) is 34.3 Å². The summed E-state index contributed by atoms with van der Waals surface area (Å²) in [6.45, 7) is 10.4. The second kappa shape index (κ2) is 16.2. The molecule has 0 radical (unpaired) electrons. The normalized spacial score (nSPS) is 11.2. The molecule has 37 heavy (non-hydrogen) atoms. The molecule has 0 saturated heterocycles. The number of ether oxygens (including phenoxy) is 3. The van der Waals surface area contributed by atoms with Crippen molar-refractivity contribution in [3.8, 4) is 22.8 Å². The van der Waals surface area contributed by atoms with Crippen molar-refractivity contribution in [3.63, 3.8) is 0 Å². The minimum absolute atomic E-state index is 0.163. The van der Waals surface area contributed by atoms with Crippen molar-refractivity contribution in [2.24, 2.45) is 5.92 Å². The number of rotatable bonds is 13. The van der Waals surface area contributed by atoms with E-state index in [0.717, 1.165) is 12.8 Å². The first-order chi connectivity index (χ1) is 17.7. The highest BCUT2D eigenvalue weighted by atomic mass is 16.5.